The number of methoxy groups -OCH3 is 1. The molecule has 0 aliphatic heterocycles. The first kappa shape index (κ1) is 17.0. The Morgan fingerprint density at radius 3 is 2.61 bits per heavy atom. The van der Waals surface area contributed by atoms with Gasteiger partial charge in [-0.2, -0.15) is 0 Å². The zero-order valence-electron chi connectivity index (χ0n) is 12.7. The van der Waals surface area contributed by atoms with Crippen LogP contribution in [0.4, 0.5) is 5.69 Å². The Labute approximate surface area is 134 Å². The zero-order valence-corrected chi connectivity index (χ0v) is 13.6. The molecule has 2 N–H and O–H groups in total. The Balaban J connectivity index is 2.34. The summed E-state index contributed by atoms with van der Waals surface area (Å²) in [6, 6.07) is 10.8. The van der Waals surface area contributed by atoms with Crippen molar-refractivity contribution in [1.29, 1.82) is 0 Å². The quantitative estimate of drug-likeness (QED) is 0.846. The molecule has 0 saturated heterocycles. The van der Waals surface area contributed by atoms with E-state index in [0.29, 0.717) is 17.9 Å². The standard InChI is InChI=1S/C16H17NO5S/c1-11-6-7-14(9-15(11)16(18)19)23(20,21)17-13-5-3-4-12(8-13)10-22-2/h3-9,17H,10H2,1-2H3,(H,18,19). The fourth-order valence-corrected chi connectivity index (χ4v) is 3.18. The van der Waals surface area contributed by atoms with Gasteiger partial charge in [-0.05, 0) is 42.3 Å². The van der Waals surface area contributed by atoms with Crippen LogP contribution in [0.1, 0.15) is 21.5 Å². The summed E-state index contributed by atoms with van der Waals surface area (Å²) in [6.45, 7) is 1.98. The van der Waals surface area contributed by atoms with Gasteiger partial charge < -0.3 is 9.84 Å². The molecule has 0 aliphatic carbocycles. The number of carboxylic acid groups (broad SMARTS) is 1. The van der Waals surface area contributed by atoms with E-state index in [-0.39, 0.29) is 10.5 Å². The highest BCUT2D eigenvalue weighted by molar-refractivity contribution is 7.92. The van der Waals surface area contributed by atoms with Crippen LogP contribution < -0.4 is 4.72 Å². The lowest BCUT2D eigenvalue weighted by Gasteiger charge is -2.11. The lowest BCUT2D eigenvalue weighted by atomic mass is 10.1. The van der Waals surface area contributed by atoms with Crippen LogP contribution in [0, 0.1) is 6.92 Å². The summed E-state index contributed by atoms with van der Waals surface area (Å²) >= 11 is 0. The van der Waals surface area contributed by atoms with E-state index in [0.717, 1.165) is 11.6 Å². The van der Waals surface area contributed by atoms with Gasteiger partial charge in [0, 0.05) is 12.8 Å². The van der Waals surface area contributed by atoms with Crippen LogP contribution >= 0.6 is 0 Å². The average Bonchev–Trinajstić information content (AvgIpc) is 2.47. The molecule has 0 atom stereocenters. The van der Waals surface area contributed by atoms with Crippen LogP contribution in [-0.4, -0.2) is 26.6 Å². The number of hydrogen-bond donors (Lipinski definition) is 2. The first-order valence-electron chi connectivity index (χ1n) is 6.78. The van der Waals surface area contributed by atoms with E-state index < -0.39 is 16.0 Å². The summed E-state index contributed by atoms with van der Waals surface area (Å²) in [5, 5.41) is 9.11. The first-order chi connectivity index (χ1) is 10.8. The Bertz CT molecular complexity index is 830. The molecule has 2 aromatic carbocycles. The second-order valence-corrected chi connectivity index (χ2v) is 6.70. The maximum atomic E-state index is 12.4. The Kier molecular flexibility index (Phi) is 5.02. The van der Waals surface area contributed by atoms with Gasteiger partial charge in [-0.1, -0.05) is 18.2 Å². The van der Waals surface area contributed by atoms with Crippen molar-refractivity contribution in [3.63, 3.8) is 0 Å². The predicted molar refractivity (Wildman–Crippen MR) is 86.1 cm³/mol. The molecule has 0 saturated carbocycles. The smallest absolute Gasteiger partial charge is 0.335 e. The fraction of sp³-hybridized carbons (Fsp3) is 0.188. The first-order valence-corrected chi connectivity index (χ1v) is 8.26. The third-order valence-electron chi connectivity index (χ3n) is 3.24. The van der Waals surface area contributed by atoms with Crippen LogP contribution in [0.3, 0.4) is 0 Å². The fourth-order valence-electron chi connectivity index (χ4n) is 2.10. The molecule has 0 aromatic heterocycles. The average molecular weight is 335 g/mol. The van der Waals surface area contributed by atoms with Crippen molar-refractivity contribution >= 4 is 21.7 Å². The number of nitrogens with one attached hydrogen (secondary N) is 1. The molecule has 7 heteroatoms. The molecule has 0 unspecified atom stereocenters. The van der Waals surface area contributed by atoms with Gasteiger partial charge in [0.1, 0.15) is 0 Å². The number of rotatable bonds is 6. The number of aryl methyl sites for hydroxylation is 1. The molecule has 0 bridgehead atoms. The second-order valence-electron chi connectivity index (χ2n) is 5.02. The van der Waals surface area contributed by atoms with Gasteiger partial charge in [-0.25, -0.2) is 13.2 Å². The third-order valence-corrected chi connectivity index (χ3v) is 4.62. The van der Waals surface area contributed by atoms with Crippen molar-refractivity contribution in [2.45, 2.75) is 18.4 Å². The second kappa shape index (κ2) is 6.80. The van der Waals surface area contributed by atoms with Crippen LogP contribution in [0.5, 0.6) is 0 Å². The van der Waals surface area contributed by atoms with Gasteiger partial charge in [0.25, 0.3) is 10.0 Å². The van der Waals surface area contributed by atoms with Crippen LogP contribution in [0.25, 0.3) is 0 Å². The van der Waals surface area contributed by atoms with Crippen molar-refractivity contribution < 1.29 is 23.1 Å². The van der Waals surface area contributed by atoms with E-state index in [2.05, 4.69) is 4.72 Å². The largest absolute Gasteiger partial charge is 0.478 e. The highest BCUT2D eigenvalue weighted by Crippen LogP contribution is 2.20. The van der Waals surface area contributed by atoms with Gasteiger partial charge in [0.05, 0.1) is 17.1 Å². The van der Waals surface area contributed by atoms with E-state index in [1.54, 1.807) is 32.2 Å². The van der Waals surface area contributed by atoms with Crippen molar-refractivity contribution in [2.75, 3.05) is 11.8 Å². The number of hydrogen-bond acceptors (Lipinski definition) is 4. The highest BCUT2D eigenvalue weighted by Gasteiger charge is 2.18. The minimum Gasteiger partial charge on any atom is -0.478 e. The van der Waals surface area contributed by atoms with Gasteiger partial charge >= 0.3 is 5.97 Å². The summed E-state index contributed by atoms with van der Waals surface area (Å²) in [7, 11) is -2.32. The van der Waals surface area contributed by atoms with Gasteiger partial charge in [0.15, 0.2) is 0 Å². The summed E-state index contributed by atoms with van der Waals surface area (Å²) in [5.41, 5.74) is 1.67. The summed E-state index contributed by atoms with van der Waals surface area (Å²) in [5.74, 6) is -1.17. The molecule has 23 heavy (non-hydrogen) atoms. The SMILES string of the molecule is COCc1cccc(NS(=O)(=O)c2ccc(C)c(C(=O)O)c2)c1. The number of ether oxygens (including phenoxy) is 1. The molecular formula is C16H17NO5S. The molecule has 6 nitrogen and oxygen atoms in total. The molecular weight excluding hydrogens is 318 g/mol. The van der Waals surface area contributed by atoms with E-state index in [9.17, 15) is 13.2 Å². The molecule has 0 heterocycles. The van der Waals surface area contributed by atoms with Crippen LogP contribution in [-0.2, 0) is 21.4 Å². The molecule has 2 aromatic rings. The zero-order chi connectivity index (χ0) is 17.0. The highest BCUT2D eigenvalue weighted by atomic mass is 32.2. The number of carboxylic acids is 1. The molecule has 0 aliphatic rings. The number of carbonyl (C=O) groups is 1. The van der Waals surface area contributed by atoms with Crippen LogP contribution in [0.15, 0.2) is 47.4 Å². The summed E-state index contributed by atoms with van der Waals surface area (Å²) in [6.07, 6.45) is 0. The normalized spacial score (nSPS) is 11.2. The van der Waals surface area contributed by atoms with Gasteiger partial charge in [0.2, 0.25) is 0 Å². The number of benzene rings is 2. The van der Waals surface area contributed by atoms with E-state index >= 15 is 0 Å². The minimum atomic E-state index is -3.87. The molecule has 0 amide bonds. The lowest BCUT2D eigenvalue weighted by molar-refractivity contribution is 0.0696. The molecule has 122 valence electrons. The van der Waals surface area contributed by atoms with E-state index in [1.807, 2.05) is 6.07 Å². The Morgan fingerprint density at radius 2 is 1.96 bits per heavy atom. The number of aromatic carboxylic acids is 1. The minimum absolute atomic E-state index is 0.0407. The lowest BCUT2D eigenvalue weighted by Crippen LogP contribution is -2.14. The number of anilines is 1. The predicted octanol–water partition coefficient (Wildman–Crippen LogP) is 2.64. The monoisotopic (exact) mass is 335 g/mol. The molecule has 0 spiro atoms. The Hall–Kier alpha value is -2.38. The van der Waals surface area contributed by atoms with Gasteiger partial charge in [-0.15, -0.1) is 0 Å². The Morgan fingerprint density at radius 1 is 1.22 bits per heavy atom. The van der Waals surface area contributed by atoms with E-state index in [4.69, 9.17) is 9.84 Å². The van der Waals surface area contributed by atoms with Crippen molar-refractivity contribution in [3.05, 3.63) is 59.2 Å². The maximum absolute atomic E-state index is 12.4. The number of sulfonamides is 1. The molecule has 0 fully saturated rings. The van der Waals surface area contributed by atoms with E-state index in [1.165, 1.54) is 12.1 Å². The molecule has 2 rings (SSSR count). The van der Waals surface area contributed by atoms with Crippen LogP contribution in [0.2, 0.25) is 0 Å². The topological polar surface area (TPSA) is 92.7 Å². The third kappa shape index (κ3) is 4.08. The molecule has 0 radical (unpaired) electrons. The van der Waals surface area contributed by atoms with Gasteiger partial charge in [-0.3, -0.25) is 4.72 Å². The van der Waals surface area contributed by atoms with Crippen molar-refractivity contribution in [1.82, 2.24) is 0 Å². The summed E-state index contributed by atoms with van der Waals surface area (Å²) < 4.78 is 32.3. The van der Waals surface area contributed by atoms with Crippen molar-refractivity contribution in [2.24, 2.45) is 0 Å². The maximum Gasteiger partial charge on any atom is 0.335 e. The summed E-state index contributed by atoms with van der Waals surface area (Å²) in [4.78, 5) is 11.0. The van der Waals surface area contributed by atoms with Crippen molar-refractivity contribution in [3.8, 4) is 0 Å².